The third kappa shape index (κ3) is 3.46. The zero-order valence-electron chi connectivity index (χ0n) is 12.0. The van der Waals surface area contributed by atoms with E-state index in [0.29, 0.717) is 16.5 Å². The highest BCUT2D eigenvalue weighted by atomic mass is 35.5. The molecule has 0 radical (unpaired) electrons. The molecule has 118 valence electrons. The number of rotatable bonds is 4. The maximum Gasteiger partial charge on any atom is 0.237 e. The van der Waals surface area contributed by atoms with E-state index in [-0.39, 0.29) is 10.9 Å². The van der Waals surface area contributed by atoms with Crippen LogP contribution in [0.25, 0.3) is 5.65 Å². The van der Waals surface area contributed by atoms with Crippen molar-refractivity contribution >= 4 is 40.6 Å². The van der Waals surface area contributed by atoms with Crippen molar-refractivity contribution in [2.24, 2.45) is 0 Å². The summed E-state index contributed by atoms with van der Waals surface area (Å²) in [6.07, 6.45) is 1.83. The quantitative estimate of drug-likeness (QED) is 0.730. The number of pyridine rings is 1. The molecule has 8 heteroatoms. The number of nitrogens with zero attached hydrogens (tertiary/aromatic N) is 3. The number of hydrogen-bond acceptors (Lipinski definition) is 4. The molecule has 0 spiro atoms. The molecule has 0 unspecified atom stereocenters. The Morgan fingerprint density at radius 2 is 2.17 bits per heavy atom. The second-order valence-electron chi connectivity index (χ2n) is 4.78. The lowest BCUT2D eigenvalue weighted by Gasteiger charge is -2.12. The molecule has 1 amide bonds. The monoisotopic (exact) mass is 350 g/mol. The number of amides is 1. The smallest absolute Gasteiger partial charge is 0.237 e. The predicted octanol–water partition coefficient (Wildman–Crippen LogP) is 3.64. The van der Waals surface area contributed by atoms with Crippen LogP contribution in [0.4, 0.5) is 10.1 Å². The van der Waals surface area contributed by atoms with Crippen molar-refractivity contribution in [1.29, 1.82) is 0 Å². The first-order chi connectivity index (χ1) is 11.0. The number of halogens is 2. The summed E-state index contributed by atoms with van der Waals surface area (Å²) in [5, 5.41) is 11.1. The summed E-state index contributed by atoms with van der Waals surface area (Å²) in [6.45, 7) is 1.75. The Morgan fingerprint density at radius 1 is 1.35 bits per heavy atom. The van der Waals surface area contributed by atoms with E-state index in [1.165, 1.54) is 23.9 Å². The Morgan fingerprint density at radius 3 is 2.96 bits per heavy atom. The SMILES string of the molecule is C[C@@H](Sc1nnc2ccccn12)C(=O)Nc1ccc(F)cc1Cl. The molecule has 1 N–H and O–H groups in total. The number of carbonyl (C=O) groups excluding carboxylic acids is 1. The molecule has 2 heterocycles. The number of anilines is 1. The van der Waals surface area contributed by atoms with Crippen molar-refractivity contribution in [1.82, 2.24) is 14.6 Å². The molecule has 5 nitrogen and oxygen atoms in total. The summed E-state index contributed by atoms with van der Waals surface area (Å²) < 4.78 is 14.8. The maximum absolute atomic E-state index is 13.0. The summed E-state index contributed by atoms with van der Waals surface area (Å²) in [4.78, 5) is 12.3. The van der Waals surface area contributed by atoms with Gasteiger partial charge in [0.25, 0.3) is 0 Å². The van der Waals surface area contributed by atoms with E-state index in [1.807, 2.05) is 24.4 Å². The van der Waals surface area contributed by atoms with E-state index >= 15 is 0 Å². The highest BCUT2D eigenvalue weighted by Gasteiger charge is 2.18. The normalized spacial score (nSPS) is 12.3. The third-order valence-electron chi connectivity index (χ3n) is 3.12. The average Bonchev–Trinajstić information content (AvgIpc) is 2.93. The van der Waals surface area contributed by atoms with Crippen LogP contribution in [0.2, 0.25) is 5.02 Å². The van der Waals surface area contributed by atoms with Gasteiger partial charge in [-0.1, -0.05) is 29.4 Å². The molecule has 0 aliphatic rings. The molecule has 0 aliphatic heterocycles. The molecule has 0 saturated carbocycles. The fraction of sp³-hybridized carbons (Fsp3) is 0.133. The molecular weight excluding hydrogens is 339 g/mol. The number of thioether (sulfide) groups is 1. The standard InChI is InChI=1S/C15H12ClFN4OS/c1-9(14(22)18-12-6-5-10(17)8-11(12)16)23-15-20-19-13-4-2-3-7-21(13)15/h2-9H,1H3,(H,18,22)/t9-/m1/s1. The number of carbonyl (C=O) groups is 1. The minimum Gasteiger partial charge on any atom is -0.324 e. The van der Waals surface area contributed by atoms with Crippen LogP contribution in [0, 0.1) is 5.82 Å². The average molecular weight is 351 g/mol. The van der Waals surface area contributed by atoms with Gasteiger partial charge in [-0.3, -0.25) is 9.20 Å². The van der Waals surface area contributed by atoms with Crippen LogP contribution in [-0.4, -0.2) is 25.8 Å². The molecule has 3 aromatic rings. The van der Waals surface area contributed by atoms with E-state index < -0.39 is 11.1 Å². The van der Waals surface area contributed by atoms with E-state index in [1.54, 1.807) is 11.3 Å². The fourth-order valence-electron chi connectivity index (χ4n) is 1.94. The zero-order chi connectivity index (χ0) is 16.4. The van der Waals surface area contributed by atoms with Crippen LogP contribution in [0.15, 0.2) is 47.8 Å². The van der Waals surface area contributed by atoms with Gasteiger partial charge in [-0.2, -0.15) is 0 Å². The van der Waals surface area contributed by atoms with Crippen LogP contribution in [0.3, 0.4) is 0 Å². The van der Waals surface area contributed by atoms with E-state index in [0.717, 1.165) is 6.07 Å². The fourth-order valence-corrected chi connectivity index (χ4v) is 2.99. The van der Waals surface area contributed by atoms with Crippen LogP contribution >= 0.6 is 23.4 Å². The van der Waals surface area contributed by atoms with Crippen molar-refractivity contribution in [3.8, 4) is 0 Å². The van der Waals surface area contributed by atoms with Crippen molar-refractivity contribution < 1.29 is 9.18 Å². The largest absolute Gasteiger partial charge is 0.324 e. The van der Waals surface area contributed by atoms with Gasteiger partial charge in [0.15, 0.2) is 10.8 Å². The highest BCUT2D eigenvalue weighted by Crippen LogP contribution is 2.26. The molecule has 0 aliphatic carbocycles. The summed E-state index contributed by atoms with van der Waals surface area (Å²) in [5.74, 6) is -0.707. The van der Waals surface area contributed by atoms with Crippen molar-refractivity contribution in [3.05, 3.63) is 53.4 Å². The van der Waals surface area contributed by atoms with Gasteiger partial charge in [-0.25, -0.2) is 4.39 Å². The number of hydrogen-bond donors (Lipinski definition) is 1. The van der Waals surface area contributed by atoms with Crippen molar-refractivity contribution in [2.45, 2.75) is 17.3 Å². The summed E-state index contributed by atoms with van der Waals surface area (Å²) in [6, 6.07) is 9.39. The summed E-state index contributed by atoms with van der Waals surface area (Å²) >= 11 is 7.19. The molecule has 23 heavy (non-hydrogen) atoms. The van der Waals surface area contributed by atoms with Crippen LogP contribution in [0.1, 0.15) is 6.92 Å². The molecule has 2 aromatic heterocycles. The predicted molar refractivity (Wildman–Crippen MR) is 88.3 cm³/mol. The minimum atomic E-state index is -0.453. The minimum absolute atomic E-state index is 0.156. The second kappa shape index (κ2) is 6.55. The molecular formula is C15H12ClFN4OS. The molecule has 0 fully saturated rings. The first-order valence-electron chi connectivity index (χ1n) is 6.77. The first kappa shape index (κ1) is 15.8. The molecule has 1 aromatic carbocycles. The number of fused-ring (bicyclic) bond motifs is 1. The Bertz CT molecular complexity index is 870. The van der Waals surface area contributed by atoms with Gasteiger partial charge in [0.2, 0.25) is 5.91 Å². The van der Waals surface area contributed by atoms with Gasteiger partial charge in [-0.15, -0.1) is 10.2 Å². The lowest BCUT2D eigenvalue weighted by Crippen LogP contribution is -2.22. The Balaban J connectivity index is 1.72. The lowest BCUT2D eigenvalue weighted by molar-refractivity contribution is -0.115. The van der Waals surface area contributed by atoms with Gasteiger partial charge in [0.1, 0.15) is 5.82 Å². The van der Waals surface area contributed by atoms with Gasteiger partial charge in [-0.05, 0) is 37.3 Å². The highest BCUT2D eigenvalue weighted by molar-refractivity contribution is 8.00. The molecule has 3 rings (SSSR count). The summed E-state index contributed by atoms with van der Waals surface area (Å²) in [5.41, 5.74) is 1.08. The van der Waals surface area contributed by atoms with Crippen LogP contribution in [0.5, 0.6) is 0 Å². The Kier molecular flexibility index (Phi) is 4.49. The van der Waals surface area contributed by atoms with E-state index in [9.17, 15) is 9.18 Å². The van der Waals surface area contributed by atoms with Gasteiger partial charge >= 0.3 is 0 Å². The van der Waals surface area contributed by atoms with E-state index in [2.05, 4.69) is 15.5 Å². The van der Waals surface area contributed by atoms with Crippen LogP contribution < -0.4 is 5.32 Å². The summed E-state index contributed by atoms with van der Waals surface area (Å²) in [7, 11) is 0. The second-order valence-corrected chi connectivity index (χ2v) is 6.50. The zero-order valence-corrected chi connectivity index (χ0v) is 13.6. The maximum atomic E-state index is 13.0. The Labute approximate surface area is 140 Å². The Hall–Kier alpha value is -2.12. The third-order valence-corrected chi connectivity index (χ3v) is 4.49. The topological polar surface area (TPSA) is 59.3 Å². The molecule has 0 saturated heterocycles. The number of nitrogens with one attached hydrogen (secondary N) is 1. The first-order valence-corrected chi connectivity index (χ1v) is 8.02. The lowest BCUT2D eigenvalue weighted by atomic mass is 10.3. The number of aromatic nitrogens is 3. The molecule has 1 atom stereocenters. The van der Waals surface area contributed by atoms with Crippen molar-refractivity contribution in [3.63, 3.8) is 0 Å². The van der Waals surface area contributed by atoms with Crippen LogP contribution in [-0.2, 0) is 4.79 Å². The van der Waals surface area contributed by atoms with E-state index in [4.69, 9.17) is 11.6 Å². The molecule has 0 bridgehead atoms. The number of benzene rings is 1. The van der Waals surface area contributed by atoms with Crippen molar-refractivity contribution in [2.75, 3.05) is 5.32 Å². The van der Waals surface area contributed by atoms with Gasteiger partial charge in [0.05, 0.1) is 16.0 Å². The van der Waals surface area contributed by atoms with Gasteiger partial charge < -0.3 is 5.32 Å². The van der Waals surface area contributed by atoms with Gasteiger partial charge in [0, 0.05) is 6.20 Å².